The van der Waals surface area contributed by atoms with E-state index >= 15 is 0 Å². The standard InChI is InChI=1S/C8H10BrNO2/c1-4-2-6(11)8(12)7(9)5(4)3-10/h2,11-12H,3,10H2,1H3. The van der Waals surface area contributed by atoms with Gasteiger partial charge in [-0.05, 0) is 40.0 Å². The lowest BCUT2D eigenvalue weighted by atomic mass is 10.1. The van der Waals surface area contributed by atoms with Gasteiger partial charge in [-0.25, -0.2) is 0 Å². The predicted molar refractivity (Wildman–Crippen MR) is 50.1 cm³/mol. The van der Waals surface area contributed by atoms with Gasteiger partial charge in [-0.1, -0.05) is 0 Å². The van der Waals surface area contributed by atoms with Gasteiger partial charge in [0.15, 0.2) is 11.5 Å². The van der Waals surface area contributed by atoms with E-state index in [4.69, 9.17) is 5.73 Å². The van der Waals surface area contributed by atoms with Gasteiger partial charge in [0.1, 0.15) is 0 Å². The molecule has 3 nitrogen and oxygen atoms in total. The first kappa shape index (κ1) is 9.35. The molecule has 0 radical (unpaired) electrons. The predicted octanol–water partition coefficient (Wildman–Crippen LogP) is 1.63. The Hall–Kier alpha value is -0.740. The number of phenolic OH excluding ortho intramolecular Hbond substituents is 2. The SMILES string of the molecule is Cc1cc(O)c(O)c(Br)c1CN. The normalized spacial score (nSPS) is 10.2. The molecule has 0 aliphatic rings. The fourth-order valence-electron chi connectivity index (χ4n) is 1.04. The summed E-state index contributed by atoms with van der Waals surface area (Å²) >= 11 is 3.15. The Morgan fingerprint density at radius 2 is 2.08 bits per heavy atom. The number of aryl methyl sites for hydroxylation is 1. The molecule has 0 spiro atoms. The minimum absolute atomic E-state index is 0.128. The van der Waals surface area contributed by atoms with Crippen LogP contribution < -0.4 is 5.73 Å². The first-order valence-corrected chi connectivity index (χ1v) is 4.27. The molecule has 0 saturated carbocycles. The van der Waals surface area contributed by atoms with Crippen molar-refractivity contribution in [3.8, 4) is 11.5 Å². The van der Waals surface area contributed by atoms with Crippen LogP contribution in [0.2, 0.25) is 0 Å². The Kier molecular flexibility index (Phi) is 2.59. The summed E-state index contributed by atoms with van der Waals surface area (Å²) in [7, 11) is 0. The lowest BCUT2D eigenvalue weighted by Crippen LogP contribution is -2.00. The zero-order valence-electron chi connectivity index (χ0n) is 6.63. The monoisotopic (exact) mass is 231 g/mol. The molecular weight excluding hydrogens is 222 g/mol. The van der Waals surface area contributed by atoms with E-state index in [2.05, 4.69) is 15.9 Å². The third kappa shape index (κ3) is 1.40. The zero-order valence-corrected chi connectivity index (χ0v) is 8.22. The Balaban J connectivity index is 3.40. The van der Waals surface area contributed by atoms with Gasteiger partial charge < -0.3 is 15.9 Å². The summed E-state index contributed by atoms with van der Waals surface area (Å²) in [6.45, 7) is 2.16. The van der Waals surface area contributed by atoms with Crippen molar-refractivity contribution in [1.29, 1.82) is 0 Å². The van der Waals surface area contributed by atoms with Gasteiger partial charge in [0.2, 0.25) is 0 Å². The van der Waals surface area contributed by atoms with Crippen LogP contribution in [-0.4, -0.2) is 10.2 Å². The van der Waals surface area contributed by atoms with Crippen LogP contribution in [0.1, 0.15) is 11.1 Å². The molecule has 0 amide bonds. The van der Waals surface area contributed by atoms with E-state index in [9.17, 15) is 10.2 Å². The van der Waals surface area contributed by atoms with Gasteiger partial charge >= 0.3 is 0 Å². The molecule has 4 heteroatoms. The molecule has 0 bridgehead atoms. The summed E-state index contributed by atoms with van der Waals surface area (Å²) in [5, 5.41) is 18.5. The lowest BCUT2D eigenvalue weighted by Gasteiger charge is -2.08. The molecule has 0 unspecified atom stereocenters. The average molecular weight is 232 g/mol. The van der Waals surface area contributed by atoms with Crippen LogP contribution in [0.15, 0.2) is 10.5 Å². The summed E-state index contributed by atoms with van der Waals surface area (Å²) in [6, 6.07) is 1.49. The Labute approximate surface area is 79.0 Å². The van der Waals surface area contributed by atoms with Crippen molar-refractivity contribution in [1.82, 2.24) is 0 Å². The average Bonchev–Trinajstić information content (AvgIpc) is 2.01. The van der Waals surface area contributed by atoms with E-state index in [-0.39, 0.29) is 11.5 Å². The van der Waals surface area contributed by atoms with Gasteiger partial charge in [-0.2, -0.15) is 0 Å². The van der Waals surface area contributed by atoms with E-state index in [1.807, 2.05) is 6.92 Å². The van der Waals surface area contributed by atoms with Crippen molar-refractivity contribution < 1.29 is 10.2 Å². The number of halogens is 1. The second-order valence-corrected chi connectivity index (χ2v) is 3.35. The molecule has 0 saturated heterocycles. The van der Waals surface area contributed by atoms with Crippen LogP contribution in [0, 0.1) is 6.92 Å². The van der Waals surface area contributed by atoms with Crippen molar-refractivity contribution in [3.05, 3.63) is 21.7 Å². The molecule has 0 aliphatic carbocycles. The summed E-state index contributed by atoms with van der Waals surface area (Å²) in [5.74, 6) is -0.280. The van der Waals surface area contributed by atoms with E-state index < -0.39 is 0 Å². The molecule has 1 aromatic carbocycles. The van der Waals surface area contributed by atoms with Gasteiger partial charge in [-0.15, -0.1) is 0 Å². The maximum atomic E-state index is 9.29. The van der Waals surface area contributed by atoms with Crippen molar-refractivity contribution in [3.63, 3.8) is 0 Å². The number of aromatic hydroxyl groups is 2. The number of phenols is 2. The summed E-state index contributed by atoms with van der Waals surface area (Å²) in [6.07, 6.45) is 0. The van der Waals surface area contributed by atoms with Crippen LogP contribution in [0.5, 0.6) is 11.5 Å². The molecule has 66 valence electrons. The van der Waals surface area contributed by atoms with E-state index in [1.165, 1.54) is 6.07 Å². The highest BCUT2D eigenvalue weighted by molar-refractivity contribution is 9.10. The second-order valence-electron chi connectivity index (χ2n) is 2.56. The molecule has 12 heavy (non-hydrogen) atoms. The second kappa shape index (κ2) is 3.33. The minimum Gasteiger partial charge on any atom is -0.504 e. The van der Waals surface area contributed by atoms with Crippen LogP contribution in [-0.2, 0) is 6.54 Å². The molecule has 1 aromatic rings. The molecular formula is C8H10BrNO2. The number of benzene rings is 1. The van der Waals surface area contributed by atoms with Crippen molar-refractivity contribution in [2.75, 3.05) is 0 Å². The largest absolute Gasteiger partial charge is 0.504 e. The van der Waals surface area contributed by atoms with Gasteiger partial charge in [0, 0.05) is 6.54 Å². The molecule has 0 aliphatic heterocycles. The van der Waals surface area contributed by atoms with E-state index in [0.29, 0.717) is 11.0 Å². The van der Waals surface area contributed by atoms with E-state index in [0.717, 1.165) is 11.1 Å². The highest BCUT2D eigenvalue weighted by Gasteiger charge is 2.11. The topological polar surface area (TPSA) is 66.5 Å². The molecule has 4 N–H and O–H groups in total. The van der Waals surface area contributed by atoms with Gasteiger partial charge in [0.05, 0.1) is 4.47 Å². The summed E-state index contributed by atoms with van der Waals surface area (Å²) in [5.41, 5.74) is 7.12. The molecule has 1 rings (SSSR count). The van der Waals surface area contributed by atoms with Crippen LogP contribution in [0.25, 0.3) is 0 Å². The maximum absolute atomic E-state index is 9.29. The summed E-state index contributed by atoms with van der Waals surface area (Å²) < 4.78 is 0.475. The highest BCUT2D eigenvalue weighted by atomic mass is 79.9. The Morgan fingerprint density at radius 3 is 2.58 bits per heavy atom. The Morgan fingerprint density at radius 1 is 1.50 bits per heavy atom. The third-order valence-corrected chi connectivity index (χ3v) is 2.60. The summed E-state index contributed by atoms with van der Waals surface area (Å²) in [4.78, 5) is 0. The lowest BCUT2D eigenvalue weighted by molar-refractivity contribution is 0.400. The fourth-order valence-corrected chi connectivity index (χ4v) is 1.72. The van der Waals surface area contributed by atoms with Crippen molar-refractivity contribution >= 4 is 15.9 Å². The highest BCUT2D eigenvalue weighted by Crippen LogP contribution is 2.37. The molecule has 0 aromatic heterocycles. The van der Waals surface area contributed by atoms with Crippen LogP contribution >= 0.6 is 15.9 Å². The molecule has 0 atom stereocenters. The van der Waals surface area contributed by atoms with Crippen molar-refractivity contribution in [2.45, 2.75) is 13.5 Å². The fraction of sp³-hybridized carbons (Fsp3) is 0.250. The number of nitrogens with two attached hydrogens (primary N) is 1. The Bertz CT molecular complexity index is 312. The minimum atomic E-state index is -0.152. The number of hydrogen-bond acceptors (Lipinski definition) is 3. The van der Waals surface area contributed by atoms with Gasteiger partial charge in [-0.3, -0.25) is 0 Å². The quantitative estimate of drug-likeness (QED) is 0.644. The van der Waals surface area contributed by atoms with E-state index in [1.54, 1.807) is 0 Å². The van der Waals surface area contributed by atoms with Crippen molar-refractivity contribution in [2.24, 2.45) is 5.73 Å². The first-order valence-electron chi connectivity index (χ1n) is 3.48. The van der Waals surface area contributed by atoms with Gasteiger partial charge in [0.25, 0.3) is 0 Å². The van der Waals surface area contributed by atoms with Crippen LogP contribution in [0.3, 0.4) is 0 Å². The zero-order chi connectivity index (χ0) is 9.30. The maximum Gasteiger partial charge on any atom is 0.172 e. The number of hydrogen-bond donors (Lipinski definition) is 3. The molecule has 0 heterocycles. The first-order chi connectivity index (χ1) is 5.57. The van der Waals surface area contributed by atoms with Crippen LogP contribution in [0.4, 0.5) is 0 Å². The smallest absolute Gasteiger partial charge is 0.172 e. The third-order valence-electron chi connectivity index (χ3n) is 1.75. The number of rotatable bonds is 1. The molecule has 0 fully saturated rings.